The molecule has 0 aliphatic rings. The Balaban J connectivity index is 2.28. The van der Waals surface area contributed by atoms with Gasteiger partial charge in [-0.15, -0.1) is 11.8 Å². The number of aliphatic hydroxyl groups excluding tert-OH is 1. The van der Waals surface area contributed by atoms with Crippen molar-refractivity contribution in [3.8, 4) is 0 Å². The van der Waals surface area contributed by atoms with Gasteiger partial charge in [-0.1, -0.05) is 6.07 Å². The molecule has 60 valence electrons. The number of pyridine rings is 1. The first-order chi connectivity index (χ1) is 5.43. The maximum atomic E-state index is 8.51. The number of rotatable bonds is 4. The van der Waals surface area contributed by atoms with Crippen molar-refractivity contribution in [2.45, 2.75) is 11.4 Å². The largest absolute Gasteiger partial charge is 0.396 e. The van der Waals surface area contributed by atoms with E-state index in [1.165, 1.54) is 0 Å². The molecule has 0 aliphatic carbocycles. The first-order valence-corrected chi connectivity index (χ1v) is 4.57. The van der Waals surface area contributed by atoms with E-state index in [9.17, 15) is 0 Å². The summed E-state index contributed by atoms with van der Waals surface area (Å²) in [5.41, 5.74) is 0. The molecule has 2 nitrogen and oxygen atoms in total. The molecule has 0 radical (unpaired) electrons. The van der Waals surface area contributed by atoms with Crippen molar-refractivity contribution in [1.29, 1.82) is 0 Å². The highest BCUT2D eigenvalue weighted by atomic mass is 32.2. The molecular weight excluding hydrogens is 158 g/mol. The zero-order valence-electron chi connectivity index (χ0n) is 6.23. The summed E-state index contributed by atoms with van der Waals surface area (Å²) < 4.78 is 0. The molecule has 0 unspecified atom stereocenters. The second kappa shape index (κ2) is 5.16. The molecule has 1 aromatic heterocycles. The van der Waals surface area contributed by atoms with Crippen molar-refractivity contribution in [3.05, 3.63) is 24.4 Å². The van der Waals surface area contributed by atoms with Gasteiger partial charge in [0.1, 0.15) is 0 Å². The van der Waals surface area contributed by atoms with Crippen molar-refractivity contribution >= 4 is 11.8 Å². The fourth-order valence-corrected chi connectivity index (χ4v) is 1.47. The van der Waals surface area contributed by atoms with E-state index in [4.69, 9.17) is 5.11 Å². The first-order valence-electron chi connectivity index (χ1n) is 3.58. The standard InChI is InChI=1S/C8H11NOS/c10-6-3-7-11-8-4-1-2-5-9-8/h1-2,4-5,10H,3,6-7H2. The van der Waals surface area contributed by atoms with Crippen LogP contribution in [0.1, 0.15) is 6.42 Å². The summed E-state index contributed by atoms with van der Waals surface area (Å²) >= 11 is 1.67. The van der Waals surface area contributed by atoms with Gasteiger partial charge in [0.2, 0.25) is 0 Å². The summed E-state index contributed by atoms with van der Waals surface area (Å²) in [4.78, 5) is 4.13. The Morgan fingerprint density at radius 3 is 3.00 bits per heavy atom. The topological polar surface area (TPSA) is 33.1 Å². The van der Waals surface area contributed by atoms with Gasteiger partial charge >= 0.3 is 0 Å². The third kappa shape index (κ3) is 3.39. The highest BCUT2D eigenvalue weighted by molar-refractivity contribution is 7.99. The van der Waals surface area contributed by atoms with Crippen LogP contribution in [-0.4, -0.2) is 22.5 Å². The third-order valence-corrected chi connectivity index (χ3v) is 2.22. The molecule has 0 aliphatic heterocycles. The predicted molar refractivity (Wildman–Crippen MR) is 46.7 cm³/mol. The van der Waals surface area contributed by atoms with Crippen molar-refractivity contribution in [1.82, 2.24) is 4.98 Å². The fourth-order valence-electron chi connectivity index (χ4n) is 0.674. The van der Waals surface area contributed by atoms with E-state index in [1.54, 1.807) is 18.0 Å². The third-order valence-electron chi connectivity index (χ3n) is 1.19. The Hall–Kier alpha value is -0.540. The lowest BCUT2D eigenvalue weighted by Gasteiger charge is -1.96. The van der Waals surface area contributed by atoms with Crippen LogP contribution in [-0.2, 0) is 0 Å². The average molecular weight is 169 g/mol. The molecular formula is C8H11NOS. The van der Waals surface area contributed by atoms with Crippen LogP contribution in [0.3, 0.4) is 0 Å². The molecule has 0 spiro atoms. The maximum Gasteiger partial charge on any atom is 0.0959 e. The van der Waals surface area contributed by atoms with Crippen LogP contribution in [0.2, 0.25) is 0 Å². The average Bonchev–Trinajstić information content (AvgIpc) is 2.07. The van der Waals surface area contributed by atoms with Crippen LogP contribution < -0.4 is 0 Å². The molecule has 1 aromatic rings. The summed E-state index contributed by atoms with van der Waals surface area (Å²) in [6.07, 6.45) is 2.61. The van der Waals surface area contributed by atoms with E-state index in [0.717, 1.165) is 17.2 Å². The molecule has 0 fully saturated rings. The minimum absolute atomic E-state index is 0.264. The lowest BCUT2D eigenvalue weighted by molar-refractivity contribution is 0.296. The van der Waals surface area contributed by atoms with Gasteiger partial charge in [0.15, 0.2) is 0 Å². The zero-order chi connectivity index (χ0) is 7.94. The van der Waals surface area contributed by atoms with Gasteiger partial charge < -0.3 is 5.11 Å². The monoisotopic (exact) mass is 169 g/mol. The molecule has 0 bridgehead atoms. The number of hydrogen-bond donors (Lipinski definition) is 1. The Bertz CT molecular complexity index is 191. The van der Waals surface area contributed by atoms with Gasteiger partial charge in [-0.3, -0.25) is 0 Å². The van der Waals surface area contributed by atoms with Gasteiger partial charge in [-0.25, -0.2) is 4.98 Å². The number of aliphatic hydroxyl groups is 1. The highest BCUT2D eigenvalue weighted by Gasteiger charge is 1.91. The minimum atomic E-state index is 0.264. The van der Waals surface area contributed by atoms with E-state index >= 15 is 0 Å². The number of hydrogen-bond acceptors (Lipinski definition) is 3. The highest BCUT2D eigenvalue weighted by Crippen LogP contribution is 2.14. The molecule has 0 saturated carbocycles. The van der Waals surface area contributed by atoms with Gasteiger partial charge in [-0.2, -0.15) is 0 Å². The SMILES string of the molecule is OCCCSc1ccccn1. The van der Waals surface area contributed by atoms with Crippen LogP contribution >= 0.6 is 11.8 Å². The number of aromatic nitrogens is 1. The molecule has 1 rings (SSSR count). The van der Waals surface area contributed by atoms with Crippen LogP contribution in [0.4, 0.5) is 0 Å². The normalized spacial score (nSPS) is 9.91. The first kappa shape index (κ1) is 8.56. The summed E-state index contributed by atoms with van der Waals surface area (Å²) in [5, 5.41) is 9.54. The Labute approximate surface area is 70.7 Å². The van der Waals surface area contributed by atoms with Crippen LogP contribution in [0.5, 0.6) is 0 Å². The van der Waals surface area contributed by atoms with E-state index in [-0.39, 0.29) is 6.61 Å². The molecule has 0 atom stereocenters. The molecule has 1 N–H and O–H groups in total. The van der Waals surface area contributed by atoms with Crippen molar-refractivity contribution in [2.24, 2.45) is 0 Å². The van der Waals surface area contributed by atoms with E-state index in [0.29, 0.717) is 0 Å². The van der Waals surface area contributed by atoms with Gasteiger partial charge in [-0.05, 0) is 18.6 Å². The molecule has 1 heterocycles. The zero-order valence-corrected chi connectivity index (χ0v) is 7.05. The van der Waals surface area contributed by atoms with Gasteiger partial charge in [0.25, 0.3) is 0 Å². The Morgan fingerprint density at radius 1 is 1.45 bits per heavy atom. The molecule has 0 aromatic carbocycles. The van der Waals surface area contributed by atoms with Crippen LogP contribution in [0, 0.1) is 0 Å². The van der Waals surface area contributed by atoms with E-state index in [2.05, 4.69) is 4.98 Å². The molecule has 3 heteroatoms. The van der Waals surface area contributed by atoms with Gasteiger partial charge in [0, 0.05) is 18.6 Å². The van der Waals surface area contributed by atoms with Crippen LogP contribution in [0.25, 0.3) is 0 Å². The summed E-state index contributed by atoms with van der Waals surface area (Å²) in [6.45, 7) is 0.264. The summed E-state index contributed by atoms with van der Waals surface area (Å²) in [7, 11) is 0. The van der Waals surface area contributed by atoms with E-state index < -0.39 is 0 Å². The van der Waals surface area contributed by atoms with Crippen molar-refractivity contribution in [2.75, 3.05) is 12.4 Å². The minimum Gasteiger partial charge on any atom is -0.396 e. The molecule has 0 amide bonds. The lowest BCUT2D eigenvalue weighted by atomic mass is 10.5. The van der Waals surface area contributed by atoms with E-state index in [1.807, 2.05) is 18.2 Å². The number of thioether (sulfide) groups is 1. The number of nitrogens with zero attached hydrogens (tertiary/aromatic N) is 1. The summed E-state index contributed by atoms with van der Waals surface area (Å²) in [6, 6.07) is 5.84. The predicted octanol–water partition coefficient (Wildman–Crippen LogP) is 1.56. The Morgan fingerprint density at radius 2 is 2.36 bits per heavy atom. The smallest absolute Gasteiger partial charge is 0.0959 e. The van der Waals surface area contributed by atoms with Crippen LogP contribution in [0.15, 0.2) is 29.4 Å². The Kier molecular flexibility index (Phi) is 4.01. The molecule has 11 heavy (non-hydrogen) atoms. The molecule has 0 saturated heterocycles. The summed E-state index contributed by atoms with van der Waals surface area (Å²) in [5.74, 6) is 0.938. The second-order valence-corrected chi connectivity index (χ2v) is 3.21. The van der Waals surface area contributed by atoms with Crippen molar-refractivity contribution in [3.63, 3.8) is 0 Å². The van der Waals surface area contributed by atoms with Crippen molar-refractivity contribution < 1.29 is 5.11 Å². The quantitative estimate of drug-likeness (QED) is 0.548. The lowest BCUT2D eigenvalue weighted by Crippen LogP contribution is -1.86. The maximum absolute atomic E-state index is 8.51. The van der Waals surface area contributed by atoms with Gasteiger partial charge in [0.05, 0.1) is 5.03 Å². The second-order valence-electron chi connectivity index (χ2n) is 2.09. The fraction of sp³-hybridized carbons (Fsp3) is 0.375.